The van der Waals surface area contributed by atoms with Crippen molar-refractivity contribution in [2.24, 2.45) is 0 Å². The molecule has 20 heavy (non-hydrogen) atoms. The van der Waals surface area contributed by atoms with E-state index >= 15 is 0 Å². The van der Waals surface area contributed by atoms with E-state index in [1.165, 1.54) is 16.7 Å². The highest BCUT2D eigenvalue weighted by Gasteiger charge is 2.06. The van der Waals surface area contributed by atoms with Crippen LogP contribution in [0.15, 0.2) is 42.5 Å². The van der Waals surface area contributed by atoms with Crippen LogP contribution < -0.4 is 10.1 Å². The molecular formula is C18H23NO. The van der Waals surface area contributed by atoms with Gasteiger partial charge in [0, 0.05) is 12.1 Å². The van der Waals surface area contributed by atoms with Gasteiger partial charge in [0.25, 0.3) is 0 Å². The number of hydrogen-bond donors (Lipinski definition) is 1. The summed E-state index contributed by atoms with van der Waals surface area (Å²) in [6, 6.07) is 14.9. The molecule has 2 nitrogen and oxygen atoms in total. The maximum Gasteiger partial charge on any atom is 0.126 e. The van der Waals surface area contributed by atoms with Crippen LogP contribution in [0.25, 0.3) is 11.1 Å². The summed E-state index contributed by atoms with van der Waals surface area (Å²) in [5, 5.41) is 3.44. The zero-order valence-electron chi connectivity index (χ0n) is 12.6. The predicted molar refractivity (Wildman–Crippen MR) is 85.2 cm³/mol. The molecule has 0 aliphatic rings. The van der Waals surface area contributed by atoms with E-state index in [0.29, 0.717) is 0 Å². The number of benzene rings is 2. The number of aryl methyl sites for hydroxylation is 1. The molecule has 0 aliphatic carbocycles. The summed E-state index contributed by atoms with van der Waals surface area (Å²) in [6.07, 6.45) is 1.16. The fourth-order valence-electron chi connectivity index (χ4n) is 2.31. The molecule has 0 radical (unpaired) electrons. The van der Waals surface area contributed by atoms with Crippen LogP contribution in [0.5, 0.6) is 5.75 Å². The van der Waals surface area contributed by atoms with E-state index in [1.807, 2.05) is 6.07 Å². The zero-order chi connectivity index (χ0) is 14.4. The summed E-state index contributed by atoms with van der Waals surface area (Å²) < 4.78 is 5.48. The van der Waals surface area contributed by atoms with Crippen LogP contribution in [0.3, 0.4) is 0 Å². The first kappa shape index (κ1) is 14.6. The topological polar surface area (TPSA) is 21.3 Å². The fourth-order valence-corrected chi connectivity index (χ4v) is 2.31. The van der Waals surface area contributed by atoms with Gasteiger partial charge in [-0.2, -0.15) is 0 Å². The third-order valence-electron chi connectivity index (χ3n) is 3.35. The number of ether oxygens (including phenoxy) is 1. The first-order chi connectivity index (χ1) is 9.74. The van der Waals surface area contributed by atoms with Crippen molar-refractivity contribution in [3.63, 3.8) is 0 Å². The van der Waals surface area contributed by atoms with Crippen molar-refractivity contribution in [2.45, 2.75) is 26.8 Å². The van der Waals surface area contributed by atoms with Crippen molar-refractivity contribution in [1.29, 1.82) is 0 Å². The van der Waals surface area contributed by atoms with Crippen molar-refractivity contribution in [3.05, 3.63) is 53.6 Å². The van der Waals surface area contributed by atoms with Gasteiger partial charge >= 0.3 is 0 Å². The Kier molecular flexibility index (Phi) is 5.19. The zero-order valence-corrected chi connectivity index (χ0v) is 12.6. The highest BCUT2D eigenvalue weighted by atomic mass is 16.5. The molecule has 0 amide bonds. The summed E-state index contributed by atoms with van der Waals surface area (Å²) >= 11 is 0. The Hall–Kier alpha value is -1.80. The molecule has 0 spiro atoms. The average molecular weight is 269 g/mol. The van der Waals surface area contributed by atoms with Gasteiger partial charge in [-0.15, -0.1) is 0 Å². The summed E-state index contributed by atoms with van der Waals surface area (Å²) in [5.74, 6) is 0.925. The summed E-state index contributed by atoms with van der Waals surface area (Å²) in [4.78, 5) is 0. The minimum Gasteiger partial charge on any atom is -0.496 e. The van der Waals surface area contributed by atoms with Crippen LogP contribution in [0, 0.1) is 6.92 Å². The molecule has 0 saturated heterocycles. The average Bonchev–Trinajstić information content (AvgIpc) is 2.48. The molecule has 106 valence electrons. The van der Waals surface area contributed by atoms with Gasteiger partial charge in [0.15, 0.2) is 0 Å². The molecule has 0 aliphatic heterocycles. The van der Waals surface area contributed by atoms with E-state index in [9.17, 15) is 0 Å². The van der Waals surface area contributed by atoms with Crippen molar-refractivity contribution in [3.8, 4) is 16.9 Å². The molecule has 0 atom stereocenters. The van der Waals surface area contributed by atoms with Gasteiger partial charge in [-0.1, -0.05) is 36.8 Å². The molecule has 0 unspecified atom stereocenters. The first-order valence-corrected chi connectivity index (χ1v) is 7.19. The minimum absolute atomic E-state index is 0.913. The molecule has 0 fully saturated rings. The first-order valence-electron chi connectivity index (χ1n) is 7.19. The van der Waals surface area contributed by atoms with Crippen molar-refractivity contribution >= 4 is 0 Å². The molecule has 2 rings (SSSR count). The van der Waals surface area contributed by atoms with E-state index in [-0.39, 0.29) is 0 Å². The van der Waals surface area contributed by atoms with E-state index in [2.05, 4.69) is 55.6 Å². The Morgan fingerprint density at radius 3 is 2.70 bits per heavy atom. The summed E-state index contributed by atoms with van der Waals surface area (Å²) in [5.41, 5.74) is 4.92. The molecule has 0 heterocycles. The van der Waals surface area contributed by atoms with E-state index in [4.69, 9.17) is 4.74 Å². The number of nitrogens with one attached hydrogen (secondary N) is 1. The summed E-state index contributed by atoms with van der Waals surface area (Å²) in [7, 11) is 1.72. The predicted octanol–water partition coefficient (Wildman–Crippen LogP) is 4.17. The van der Waals surface area contributed by atoms with Gasteiger partial charge in [0.05, 0.1) is 7.11 Å². The molecule has 0 bridgehead atoms. The lowest BCUT2D eigenvalue weighted by atomic mass is 10.0. The lowest BCUT2D eigenvalue weighted by Crippen LogP contribution is -2.13. The molecule has 1 N–H and O–H groups in total. The third-order valence-corrected chi connectivity index (χ3v) is 3.35. The molecule has 2 aromatic rings. The maximum absolute atomic E-state index is 5.48. The maximum atomic E-state index is 5.48. The Morgan fingerprint density at radius 2 is 1.95 bits per heavy atom. The van der Waals surface area contributed by atoms with Gasteiger partial charge in [-0.25, -0.2) is 0 Å². The number of methoxy groups -OCH3 is 1. The molecule has 0 saturated carbocycles. The van der Waals surface area contributed by atoms with E-state index in [1.54, 1.807) is 7.11 Å². The van der Waals surface area contributed by atoms with Gasteiger partial charge in [-0.05, 0) is 49.2 Å². The Labute approximate surface area is 121 Å². The van der Waals surface area contributed by atoms with Crippen LogP contribution in [0.4, 0.5) is 0 Å². The van der Waals surface area contributed by atoms with Gasteiger partial charge in [0.2, 0.25) is 0 Å². The van der Waals surface area contributed by atoms with Gasteiger partial charge in [0.1, 0.15) is 5.75 Å². The van der Waals surface area contributed by atoms with Crippen LogP contribution >= 0.6 is 0 Å². The third kappa shape index (κ3) is 3.61. The Balaban J connectivity index is 2.28. The number of rotatable bonds is 6. The van der Waals surface area contributed by atoms with Crippen LogP contribution in [0.2, 0.25) is 0 Å². The molecular weight excluding hydrogens is 246 g/mol. The largest absolute Gasteiger partial charge is 0.496 e. The van der Waals surface area contributed by atoms with E-state index in [0.717, 1.165) is 30.8 Å². The second kappa shape index (κ2) is 7.11. The Bertz CT molecular complexity index is 563. The molecule has 2 aromatic carbocycles. The second-order valence-corrected chi connectivity index (χ2v) is 5.08. The molecule has 2 heteroatoms. The van der Waals surface area contributed by atoms with E-state index < -0.39 is 0 Å². The SMILES string of the molecule is CCCNCc1cccc(-c2cc(C)ccc2OC)c1. The monoisotopic (exact) mass is 269 g/mol. The quantitative estimate of drug-likeness (QED) is 0.795. The van der Waals surface area contributed by atoms with Crippen LogP contribution in [-0.2, 0) is 6.54 Å². The van der Waals surface area contributed by atoms with Gasteiger partial charge < -0.3 is 10.1 Å². The van der Waals surface area contributed by atoms with Crippen molar-refractivity contribution in [2.75, 3.05) is 13.7 Å². The lowest BCUT2D eigenvalue weighted by molar-refractivity contribution is 0.416. The Morgan fingerprint density at radius 1 is 1.10 bits per heavy atom. The number of hydrogen-bond acceptors (Lipinski definition) is 2. The van der Waals surface area contributed by atoms with Crippen molar-refractivity contribution in [1.82, 2.24) is 5.32 Å². The van der Waals surface area contributed by atoms with Gasteiger partial charge in [-0.3, -0.25) is 0 Å². The molecule has 0 aromatic heterocycles. The van der Waals surface area contributed by atoms with Crippen LogP contribution in [0.1, 0.15) is 24.5 Å². The normalized spacial score (nSPS) is 10.6. The lowest BCUT2D eigenvalue weighted by Gasteiger charge is -2.11. The summed E-state index contributed by atoms with van der Waals surface area (Å²) in [6.45, 7) is 6.25. The fraction of sp³-hybridized carbons (Fsp3) is 0.333. The second-order valence-electron chi connectivity index (χ2n) is 5.08. The minimum atomic E-state index is 0.913. The smallest absolute Gasteiger partial charge is 0.126 e. The standard InChI is InChI=1S/C18H23NO/c1-4-10-19-13-15-6-5-7-16(12-15)17-11-14(2)8-9-18(17)20-3/h5-9,11-12,19H,4,10,13H2,1-3H3. The van der Waals surface area contributed by atoms with Crippen molar-refractivity contribution < 1.29 is 4.74 Å². The highest BCUT2D eigenvalue weighted by Crippen LogP contribution is 2.31. The van der Waals surface area contributed by atoms with Crippen LogP contribution in [-0.4, -0.2) is 13.7 Å². The highest BCUT2D eigenvalue weighted by molar-refractivity contribution is 5.71.